The summed E-state index contributed by atoms with van der Waals surface area (Å²) in [7, 11) is -5.01. The molecule has 0 aliphatic rings. The number of sulfonamides is 1. The lowest BCUT2D eigenvalue weighted by molar-refractivity contribution is -0.304. The molecule has 0 saturated heterocycles. The largest absolute Gasteiger partial charge is 0.417 e. The van der Waals surface area contributed by atoms with Gasteiger partial charge in [-0.15, -0.1) is 4.83 Å². The number of rotatable bonds is 6. The van der Waals surface area contributed by atoms with Crippen molar-refractivity contribution >= 4 is 10.0 Å². The van der Waals surface area contributed by atoms with Crippen molar-refractivity contribution in [1.29, 1.82) is 0 Å². The molecule has 29 heavy (non-hydrogen) atoms. The zero-order valence-corrected chi connectivity index (χ0v) is 15.8. The Hall–Kier alpha value is -1.58. The highest BCUT2D eigenvalue weighted by molar-refractivity contribution is 7.89. The molecule has 15 heteroatoms. The Bertz CT molecular complexity index is 818. The van der Waals surface area contributed by atoms with Crippen molar-refractivity contribution < 1.29 is 47.9 Å². The minimum absolute atomic E-state index is 0.206. The van der Waals surface area contributed by atoms with Gasteiger partial charge in [0.25, 0.3) is 10.0 Å². The molecule has 1 rings (SSSR count). The van der Waals surface area contributed by atoms with E-state index >= 15 is 0 Å². The van der Waals surface area contributed by atoms with E-state index < -0.39 is 50.7 Å². The Morgan fingerprint density at radius 2 is 1.41 bits per heavy atom. The maximum Gasteiger partial charge on any atom is 0.417 e. The highest BCUT2D eigenvalue weighted by Gasteiger charge is 2.68. The van der Waals surface area contributed by atoms with Crippen molar-refractivity contribution in [3.63, 3.8) is 0 Å². The molecule has 3 N–H and O–H groups in total. The first-order valence-corrected chi connectivity index (χ1v) is 9.07. The van der Waals surface area contributed by atoms with Crippen LogP contribution in [0.1, 0.15) is 25.0 Å². The zero-order chi connectivity index (χ0) is 23.1. The molecule has 0 heterocycles. The molecule has 0 aromatic heterocycles. The topological polar surface area (TPSA) is 70.2 Å². The number of nitrogens with one attached hydrogen (secondary N) is 3. The number of hydrazine groups is 1. The summed E-state index contributed by atoms with van der Waals surface area (Å²) in [6, 6.07) is 2.44. The molecule has 1 aromatic rings. The van der Waals surface area contributed by atoms with Gasteiger partial charge >= 0.3 is 18.5 Å². The number of alkyl halides is 9. The average Bonchev–Trinajstić information content (AvgIpc) is 2.49. The number of aryl methyl sites for hydroxylation is 1. The van der Waals surface area contributed by atoms with Gasteiger partial charge in [-0.05, 0) is 32.4 Å². The molecule has 168 valence electrons. The van der Waals surface area contributed by atoms with Gasteiger partial charge < -0.3 is 0 Å². The quantitative estimate of drug-likeness (QED) is 0.344. The van der Waals surface area contributed by atoms with Crippen LogP contribution >= 0.6 is 0 Å². The first kappa shape index (κ1) is 25.5. The van der Waals surface area contributed by atoms with Gasteiger partial charge in [0.05, 0.1) is 16.6 Å². The summed E-state index contributed by atoms with van der Waals surface area (Å²) in [5.74, 6) is 0. The number of hydrogen-bond acceptors (Lipinski definition) is 4. The lowest BCUT2D eigenvalue weighted by Crippen LogP contribution is -2.69. The van der Waals surface area contributed by atoms with Gasteiger partial charge in [0.2, 0.25) is 5.54 Å². The minimum Gasteiger partial charge on any atom is -0.280 e. The second-order valence-electron chi connectivity index (χ2n) is 6.19. The lowest BCUT2D eigenvalue weighted by atomic mass is 10.0. The van der Waals surface area contributed by atoms with Gasteiger partial charge in [0.15, 0.2) is 0 Å². The molecular weight excluding hydrogens is 445 g/mol. The lowest BCUT2D eigenvalue weighted by Gasteiger charge is -2.37. The van der Waals surface area contributed by atoms with E-state index in [0.29, 0.717) is 13.0 Å². The van der Waals surface area contributed by atoms with Crippen LogP contribution in [-0.2, 0) is 16.2 Å². The zero-order valence-electron chi connectivity index (χ0n) is 14.9. The van der Waals surface area contributed by atoms with Crippen LogP contribution in [0.2, 0.25) is 0 Å². The van der Waals surface area contributed by atoms with E-state index in [1.807, 2.05) is 0 Å². The molecule has 1 unspecified atom stereocenters. The third kappa shape index (κ3) is 5.52. The fourth-order valence-corrected chi connectivity index (χ4v) is 3.64. The van der Waals surface area contributed by atoms with Crippen LogP contribution < -0.4 is 15.6 Å². The van der Waals surface area contributed by atoms with Gasteiger partial charge in [-0.25, -0.2) is 13.8 Å². The van der Waals surface area contributed by atoms with E-state index in [2.05, 4.69) is 0 Å². The molecular formula is C14H16F9N3O2S. The van der Waals surface area contributed by atoms with E-state index in [9.17, 15) is 47.9 Å². The van der Waals surface area contributed by atoms with Crippen LogP contribution in [0.25, 0.3) is 0 Å². The van der Waals surface area contributed by atoms with Crippen molar-refractivity contribution in [3.8, 4) is 0 Å². The van der Waals surface area contributed by atoms with Gasteiger partial charge in [-0.1, -0.05) is 12.1 Å². The normalized spacial score (nSPS) is 15.4. The summed E-state index contributed by atoms with van der Waals surface area (Å²) in [6.07, 6.45) is -18.7. The van der Waals surface area contributed by atoms with E-state index in [1.54, 1.807) is 5.43 Å². The Labute approximate surface area is 159 Å². The monoisotopic (exact) mass is 461 g/mol. The fourth-order valence-electron chi connectivity index (χ4n) is 2.24. The third-order valence-corrected chi connectivity index (χ3v) is 5.30. The summed E-state index contributed by atoms with van der Waals surface area (Å²) in [6.45, 7) is 1.54. The maximum absolute atomic E-state index is 13.1. The molecule has 0 fully saturated rings. The number of benzene rings is 1. The second kappa shape index (κ2) is 7.92. The molecule has 0 amide bonds. The summed E-state index contributed by atoms with van der Waals surface area (Å²) < 4.78 is 141. The van der Waals surface area contributed by atoms with Gasteiger partial charge in [-0.2, -0.15) is 39.5 Å². The third-order valence-electron chi connectivity index (χ3n) is 3.83. The van der Waals surface area contributed by atoms with Crippen LogP contribution in [-0.4, -0.2) is 32.5 Å². The number of hydrogen-bond donors (Lipinski definition) is 3. The van der Waals surface area contributed by atoms with E-state index in [1.165, 1.54) is 4.83 Å². The fraction of sp³-hybridized carbons (Fsp3) is 0.571. The summed E-state index contributed by atoms with van der Waals surface area (Å²) in [5.41, 5.74) is -4.70. The van der Waals surface area contributed by atoms with E-state index in [0.717, 1.165) is 24.4 Å². The van der Waals surface area contributed by atoms with Crippen molar-refractivity contribution in [2.75, 3.05) is 0 Å². The van der Waals surface area contributed by atoms with Crippen LogP contribution in [0.15, 0.2) is 23.1 Å². The molecule has 0 spiro atoms. The van der Waals surface area contributed by atoms with Crippen molar-refractivity contribution in [3.05, 3.63) is 29.3 Å². The molecule has 0 saturated carbocycles. The first-order valence-electron chi connectivity index (χ1n) is 7.59. The summed E-state index contributed by atoms with van der Waals surface area (Å²) in [4.78, 5) is 0.158. The Balaban J connectivity index is 3.13. The van der Waals surface area contributed by atoms with Crippen LogP contribution in [0.3, 0.4) is 0 Å². The average molecular weight is 461 g/mol. The van der Waals surface area contributed by atoms with Crippen LogP contribution in [0.5, 0.6) is 0 Å². The highest BCUT2D eigenvalue weighted by atomic mass is 32.2. The minimum atomic E-state index is -5.81. The van der Waals surface area contributed by atoms with Crippen molar-refractivity contribution in [1.82, 2.24) is 15.6 Å². The molecule has 0 aliphatic carbocycles. The molecule has 5 nitrogen and oxygen atoms in total. The van der Waals surface area contributed by atoms with E-state index in [4.69, 9.17) is 0 Å². The highest BCUT2D eigenvalue weighted by Crippen LogP contribution is 2.43. The summed E-state index contributed by atoms with van der Waals surface area (Å²) >= 11 is 0. The predicted octanol–water partition coefficient (Wildman–Crippen LogP) is 3.62. The summed E-state index contributed by atoms with van der Waals surface area (Å²) in [5, 5.41) is 1.15. The molecule has 0 radical (unpaired) electrons. The standard InChI is InChI=1S/C14H16F9N3O2S/c1-7-5-4-6-9(12(15,16)17)10(7)29(27,28)26-25-8(2)24-11(3,13(18,19)20)14(21,22)23/h4-6,8,24-26H,1-3H3. The smallest absolute Gasteiger partial charge is 0.280 e. The van der Waals surface area contributed by atoms with Gasteiger partial charge in [-0.3, -0.25) is 5.32 Å². The first-order chi connectivity index (χ1) is 12.7. The Morgan fingerprint density at radius 3 is 1.83 bits per heavy atom. The van der Waals surface area contributed by atoms with Crippen molar-refractivity contribution in [2.45, 2.75) is 55.9 Å². The van der Waals surface area contributed by atoms with Crippen LogP contribution in [0.4, 0.5) is 39.5 Å². The van der Waals surface area contributed by atoms with Crippen LogP contribution in [0, 0.1) is 6.92 Å². The number of halogens is 9. The predicted molar refractivity (Wildman–Crippen MR) is 82.8 cm³/mol. The maximum atomic E-state index is 13.1. The molecule has 1 aromatic carbocycles. The Kier molecular flexibility index (Phi) is 6.95. The Morgan fingerprint density at radius 1 is 0.931 bits per heavy atom. The molecule has 1 atom stereocenters. The van der Waals surface area contributed by atoms with Gasteiger partial charge in [0.1, 0.15) is 0 Å². The molecule has 0 aliphatic heterocycles. The SMILES string of the molecule is Cc1cccc(C(F)(F)F)c1S(=O)(=O)NNC(C)NC(C)(C(F)(F)F)C(F)(F)F. The second-order valence-corrected chi connectivity index (χ2v) is 7.80. The van der Waals surface area contributed by atoms with Crippen molar-refractivity contribution in [2.24, 2.45) is 0 Å². The molecule has 0 bridgehead atoms. The van der Waals surface area contributed by atoms with Gasteiger partial charge in [0, 0.05) is 0 Å². The van der Waals surface area contributed by atoms with E-state index in [-0.39, 0.29) is 12.5 Å².